The molecule has 2 N–H and O–H groups in total. The van der Waals surface area contributed by atoms with Gasteiger partial charge < -0.3 is 5.73 Å². The van der Waals surface area contributed by atoms with E-state index in [0.717, 1.165) is 40.4 Å². The van der Waals surface area contributed by atoms with Crippen molar-refractivity contribution in [2.45, 2.75) is 37.8 Å². The number of nitrogens with two attached hydrogens (primary N) is 1. The van der Waals surface area contributed by atoms with Gasteiger partial charge in [0.15, 0.2) is 5.65 Å². The third kappa shape index (κ3) is 2.25. The Hall–Kier alpha value is -1.71. The Labute approximate surface area is 141 Å². The number of rotatable bonds is 2. The first-order chi connectivity index (χ1) is 10.7. The second-order valence-electron chi connectivity index (χ2n) is 5.64. The quantitative estimate of drug-likeness (QED) is 0.658. The molecule has 0 amide bonds. The largest absolute Gasteiger partial charge is 0.383 e. The summed E-state index contributed by atoms with van der Waals surface area (Å²) >= 11 is 2.21. The predicted octanol–water partition coefficient (Wildman–Crippen LogP) is 2.57. The van der Waals surface area contributed by atoms with E-state index in [1.54, 1.807) is 0 Å². The van der Waals surface area contributed by atoms with E-state index < -0.39 is 0 Å². The van der Waals surface area contributed by atoms with Crippen LogP contribution in [-0.4, -0.2) is 29.5 Å². The van der Waals surface area contributed by atoms with E-state index in [4.69, 9.17) is 5.73 Å². The first-order valence-corrected chi connectivity index (χ1v) is 8.45. The van der Waals surface area contributed by atoms with Crippen molar-refractivity contribution >= 4 is 39.4 Å². The minimum atomic E-state index is 0.368. The van der Waals surface area contributed by atoms with Gasteiger partial charge in [0.05, 0.1) is 17.5 Å². The fourth-order valence-corrected chi connectivity index (χ4v) is 4.02. The summed E-state index contributed by atoms with van der Waals surface area (Å²) in [5.74, 6) is 0.505. The second-order valence-corrected chi connectivity index (χ2v) is 6.66. The molecular formula is C14H16IN7. The minimum Gasteiger partial charge on any atom is -0.383 e. The molecule has 0 saturated heterocycles. The highest BCUT2D eigenvalue weighted by Crippen LogP contribution is 2.36. The van der Waals surface area contributed by atoms with Crippen LogP contribution in [0.2, 0.25) is 0 Å². The third-order valence-electron chi connectivity index (χ3n) is 4.39. The second kappa shape index (κ2) is 5.49. The molecule has 7 nitrogen and oxygen atoms in total. The van der Waals surface area contributed by atoms with Gasteiger partial charge in [-0.15, -0.1) is 0 Å². The molecule has 0 spiro atoms. The number of nitrogens with zero attached hydrogens (tertiary/aromatic N) is 6. The molecule has 0 aromatic carbocycles. The average Bonchev–Trinajstić information content (AvgIpc) is 3.17. The number of hydrogen-bond donors (Lipinski definition) is 1. The topological polar surface area (TPSA) is 87.4 Å². The zero-order valence-corrected chi connectivity index (χ0v) is 14.1. The van der Waals surface area contributed by atoms with Crippen molar-refractivity contribution in [3.63, 3.8) is 0 Å². The summed E-state index contributed by atoms with van der Waals surface area (Å²) in [5.41, 5.74) is 6.81. The summed E-state index contributed by atoms with van der Waals surface area (Å²) in [4.78, 5) is 8.46. The molecule has 1 fully saturated rings. The van der Waals surface area contributed by atoms with Gasteiger partial charge in [0.2, 0.25) is 0 Å². The normalized spacial score (nSPS) is 22.2. The summed E-state index contributed by atoms with van der Waals surface area (Å²) in [7, 11) is 0. The first kappa shape index (κ1) is 13.9. The van der Waals surface area contributed by atoms with Crippen molar-refractivity contribution in [3.05, 3.63) is 28.5 Å². The van der Waals surface area contributed by atoms with E-state index >= 15 is 0 Å². The lowest BCUT2D eigenvalue weighted by Gasteiger charge is -2.29. The highest BCUT2D eigenvalue weighted by atomic mass is 127. The fraction of sp³-hybridized carbons (Fsp3) is 0.429. The van der Waals surface area contributed by atoms with Crippen molar-refractivity contribution in [2.75, 3.05) is 5.73 Å². The average molecular weight is 409 g/mol. The Kier molecular flexibility index (Phi) is 3.47. The van der Waals surface area contributed by atoms with Crippen LogP contribution < -0.4 is 5.73 Å². The van der Waals surface area contributed by atoms with Gasteiger partial charge in [0, 0.05) is 12.4 Å². The molecule has 8 heteroatoms. The molecule has 114 valence electrons. The van der Waals surface area contributed by atoms with Gasteiger partial charge in [-0.3, -0.25) is 4.68 Å². The van der Waals surface area contributed by atoms with Gasteiger partial charge in [-0.25, -0.2) is 14.6 Å². The standard InChI is InChI=1S/C14H16IN7/c15-12-11-13(16)17-8-18-14(11)22(20-12)10-4-2-9(3-5-10)21-7-1-6-19-21/h1,6-10H,2-5H2,(H2,16,17,18). The van der Waals surface area contributed by atoms with E-state index in [-0.39, 0.29) is 0 Å². The number of anilines is 1. The predicted molar refractivity (Wildman–Crippen MR) is 91.2 cm³/mol. The highest BCUT2D eigenvalue weighted by Gasteiger charge is 2.26. The maximum atomic E-state index is 5.97. The van der Waals surface area contributed by atoms with Crippen molar-refractivity contribution in [1.82, 2.24) is 29.5 Å². The molecule has 0 unspecified atom stereocenters. The molecule has 4 rings (SSSR count). The van der Waals surface area contributed by atoms with E-state index in [1.165, 1.54) is 6.33 Å². The van der Waals surface area contributed by atoms with E-state index in [1.807, 2.05) is 23.1 Å². The summed E-state index contributed by atoms with van der Waals surface area (Å²) in [6, 6.07) is 2.84. The van der Waals surface area contributed by atoms with E-state index in [2.05, 4.69) is 47.4 Å². The maximum Gasteiger partial charge on any atom is 0.164 e. The van der Waals surface area contributed by atoms with Crippen LogP contribution in [0.4, 0.5) is 5.82 Å². The van der Waals surface area contributed by atoms with Crippen molar-refractivity contribution < 1.29 is 0 Å². The lowest BCUT2D eigenvalue weighted by atomic mass is 9.91. The van der Waals surface area contributed by atoms with E-state index in [9.17, 15) is 0 Å². The summed E-state index contributed by atoms with van der Waals surface area (Å²) in [6.07, 6.45) is 9.75. The Morgan fingerprint density at radius 1 is 1.14 bits per heavy atom. The first-order valence-electron chi connectivity index (χ1n) is 7.37. The monoisotopic (exact) mass is 409 g/mol. The molecule has 0 atom stereocenters. The molecule has 1 aliphatic rings. The number of halogens is 1. The van der Waals surface area contributed by atoms with Gasteiger partial charge in [0.25, 0.3) is 0 Å². The molecule has 22 heavy (non-hydrogen) atoms. The highest BCUT2D eigenvalue weighted by molar-refractivity contribution is 14.1. The van der Waals surface area contributed by atoms with Gasteiger partial charge in [-0.1, -0.05) is 0 Å². The van der Waals surface area contributed by atoms with E-state index in [0.29, 0.717) is 17.9 Å². The van der Waals surface area contributed by atoms with Crippen LogP contribution in [0.1, 0.15) is 37.8 Å². The third-order valence-corrected chi connectivity index (χ3v) is 5.14. The summed E-state index contributed by atoms with van der Waals surface area (Å²) in [5, 5.41) is 9.89. The number of aromatic nitrogens is 6. The molecule has 3 aromatic rings. The Bertz CT molecular complexity index is 787. The van der Waals surface area contributed by atoms with Gasteiger partial charge >= 0.3 is 0 Å². The summed E-state index contributed by atoms with van der Waals surface area (Å²) in [6.45, 7) is 0. The maximum absolute atomic E-state index is 5.97. The van der Waals surface area contributed by atoms with Crippen LogP contribution in [-0.2, 0) is 0 Å². The SMILES string of the molecule is Nc1ncnc2c1c(I)nn2C1CCC(n2cccn2)CC1. The van der Waals surface area contributed by atoms with Crippen LogP contribution in [0.25, 0.3) is 11.0 Å². The zero-order valence-electron chi connectivity index (χ0n) is 11.9. The van der Waals surface area contributed by atoms with Gasteiger partial charge in [-0.2, -0.15) is 10.2 Å². The van der Waals surface area contributed by atoms with Crippen LogP contribution in [0.15, 0.2) is 24.8 Å². The van der Waals surface area contributed by atoms with Crippen molar-refractivity contribution in [2.24, 2.45) is 0 Å². The molecular weight excluding hydrogens is 393 g/mol. The molecule has 0 bridgehead atoms. The number of nitrogen functional groups attached to an aromatic ring is 1. The molecule has 3 heterocycles. The molecule has 3 aromatic heterocycles. The number of hydrogen-bond acceptors (Lipinski definition) is 5. The zero-order chi connectivity index (χ0) is 15.1. The van der Waals surface area contributed by atoms with Crippen molar-refractivity contribution in [1.29, 1.82) is 0 Å². The molecule has 0 aliphatic heterocycles. The summed E-state index contributed by atoms with van der Waals surface area (Å²) < 4.78 is 4.98. The fourth-order valence-electron chi connectivity index (χ4n) is 3.27. The van der Waals surface area contributed by atoms with Crippen LogP contribution in [0.3, 0.4) is 0 Å². The van der Waals surface area contributed by atoms with Crippen LogP contribution in [0, 0.1) is 3.70 Å². The molecule has 0 radical (unpaired) electrons. The Morgan fingerprint density at radius 3 is 2.64 bits per heavy atom. The Morgan fingerprint density at radius 2 is 1.91 bits per heavy atom. The van der Waals surface area contributed by atoms with Gasteiger partial charge in [0.1, 0.15) is 15.8 Å². The van der Waals surface area contributed by atoms with Crippen molar-refractivity contribution in [3.8, 4) is 0 Å². The lowest BCUT2D eigenvalue weighted by molar-refractivity contribution is 0.252. The molecule has 1 aliphatic carbocycles. The van der Waals surface area contributed by atoms with Crippen LogP contribution >= 0.6 is 22.6 Å². The number of fused-ring (bicyclic) bond motifs is 1. The molecule has 1 saturated carbocycles. The lowest BCUT2D eigenvalue weighted by Crippen LogP contribution is -2.22. The Balaban J connectivity index is 1.61. The minimum absolute atomic E-state index is 0.368. The smallest absolute Gasteiger partial charge is 0.164 e. The van der Waals surface area contributed by atoms with Gasteiger partial charge in [-0.05, 0) is 54.3 Å². The van der Waals surface area contributed by atoms with Crippen LogP contribution in [0.5, 0.6) is 0 Å².